The molecule has 0 spiro atoms. The summed E-state index contributed by atoms with van der Waals surface area (Å²) in [5, 5.41) is 4.66. The monoisotopic (exact) mass is 461 g/mol. The fourth-order valence-corrected chi connectivity index (χ4v) is 7.25. The molecule has 2 aromatic heterocycles. The molecule has 0 saturated carbocycles. The van der Waals surface area contributed by atoms with Crippen LogP contribution in [0, 0.1) is 5.92 Å². The van der Waals surface area contributed by atoms with Crippen LogP contribution in [0.5, 0.6) is 5.75 Å². The quantitative estimate of drug-likeness (QED) is 0.504. The Morgan fingerprint density at radius 3 is 2.85 bits per heavy atom. The number of nitrogens with zero attached hydrogens (tertiary/aromatic N) is 2. The van der Waals surface area contributed by atoms with Crippen LogP contribution in [0.1, 0.15) is 29.9 Å². The maximum atomic E-state index is 13.4. The smallest absolute Gasteiger partial charge is 0.331 e. The molecule has 170 valence electrons. The van der Waals surface area contributed by atoms with Crippen LogP contribution >= 0.6 is 11.3 Å². The molecule has 3 heterocycles. The van der Waals surface area contributed by atoms with Gasteiger partial charge in [0.15, 0.2) is 0 Å². The molecule has 33 heavy (non-hydrogen) atoms. The standard InChI is InChI=1S/C26H27N3O3S/c1-28-23-18-6-3-4-9-21(18)33-24(23)25(30)29(26(28)31)13-12-19-22-15(14-27-19)10-11-16-17(22)7-5-8-20(16)32-2/h3-9,15,19,22,27H,10-14H2,1-2H3/t15-,19?,22+/m0/s1. The minimum atomic E-state index is -0.240. The van der Waals surface area contributed by atoms with Gasteiger partial charge in [0.2, 0.25) is 0 Å². The van der Waals surface area contributed by atoms with Gasteiger partial charge >= 0.3 is 5.69 Å². The second kappa shape index (κ2) is 7.85. The van der Waals surface area contributed by atoms with Crippen molar-refractivity contribution >= 4 is 31.6 Å². The van der Waals surface area contributed by atoms with Gasteiger partial charge in [-0.3, -0.25) is 13.9 Å². The number of ether oxygens (including phenoxy) is 1. The van der Waals surface area contributed by atoms with E-state index in [1.165, 1.54) is 27.0 Å². The van der Waals surface area contributed by atoms with Crippen molar-refractivity contribution in [3.05, 3.63) is 74.4 Å². The van der Waals surface area contributed by atoms with Gasteiger partial charge in [-0.15, -0.1) is 11.3 Å². The topological polar surface area (TPSA) is 65.3 Å². The van der Waals surface area contributed by atoms with Crippen LogP contribution in [-0.2, 0) is 20.0 Å². The number of hydrogen-bond donors (Lipinski definition) is 1. The number of rotatable bonds is 4. The number of aromatic nitrogens is 2. The summed E-state index contributed by atoms with van der Waals surface area (Å²) < 4.78 is 10.4. The number of thiophene rings is 1. The van der Waals surface area contributed by atoms with Gasteiger partial charge in [-0.2, -0.15) is 0 Å². The largest absolute Gasteiger partial charge is 0.496 e. The van der Waals surface area contributed by atoms with E-state index in [4.69, 9.17) is 4.74 Å². The minimum absolute atomic E-state index is 0.172. The van der Waals surface area contributed by atoms with Gasteiger partial charge in [0, 0.05) is 35.6 Å². The van der Waals surface area contributed by atoms with Gasteiger partial charge in [0.1, 0.15) is 10.4 Å². The molecule has 3 atom stereocenters. The fourth-order valence-electron chi connectivity index (χ4n) is 6.06. The number of nitrogens with one attached hydrogen (secondary N) is 1. The van der Waals surface area contributed by atoms with Gasteiger partial charge in [-0.1, -0.05) is 30.3 Å². The zero-order valence-electron chi connectivity index (χ0n) is 18.8. The lowest BCUT2D eigenvalue weighted by molar-refractivity contribution is 0.370. The molecule has 6 nitrogen and oxygen atoms in total. The van der Waals surface area contributed by atoms with E-state index in [1.807, 2.05) is 30.3 Å². The highest BCUT2D eigenvalue weighted by molar-refractivity contribution is 7.25. The number of hydrogen-bond acceptors (Lipinski definition) is 5. The van der Waals surface area contributed by atoms with Crippen LogP contribution in [0.2, 0.25) is 0 Å². The Morgan fingerprint density at radius 2 is 2.00 bits per heavy atom. The van der Waals surface area contributed by atoms with E-state index in [0.717, 1.165) is 47.2 Å². The van der Waals surface area contributed by atoms with Crippen LogP contribution in [-0.4, -0.2) is 28.8 Å². The molecule has 2 aliphatic rings. The maximum Gasteiger partial charge on any atom is 0.331 e. The van der Waals surface area contributed by atoms with Crippen molar-refractivity contribution in [1.29, 1.82) is 0 Å². The van der Waals surface area contributed by atoms with E-state index in [1.54, 1.807) is 18.7 Å². The summed E-state index contributed by atoms with van der Waals surface area (Å²) in [7, 11) is 3.51. The molecule has 0 bridgehead atoms. The van der Waals surface area contributed by atoms with E-state index in [9.17, 15) is 9.59 Å². The molecule has 4 aromatic rings. The zero-order valence-corrected chi connectivity index (χ0v) is 19.7. The maximum absolute atomic E-state index is 13.4. The van der Waals surface area contributed by atoms with E-state index in [2.05, 4.69) is 17.4 Å². The van der Waals surface area contributed by atoms with Gasteiger partial charge in [0.25, 0.3) is 5.56 Å². The second-order valence-electron chi connectivity index (χ2n) is 9.23. The highest BCUT2D eigenvalue weighted by Gasteiger charge is 2.40. The van der Waals surface area contributed by atoms with E-state index < -0.39 is 0 Å². The lowest BCUT2D eigenvalue weighted by atomic mass is 9.73. The summed E-state index contributed by atoms with van der Waals surface area (Å²) >= 11 is 1.47. The van der Waals surface area contributed by atoms with Gasteiger partial charge in [-0.25, -0.2) is 4.79 Å². The highest BCUT2D eigenvalue weighted by atomic mass is 32.1. The summed E-state index contributed by atoms with van der Waals surface area (Å²) in [4.78, 5) is 26.6. The van der Waals surface area contributed by atoms with Crippen LogP contribution in [0.3, 0.4) is 0 Å². The molecule has 2 aromatic carbocycles. The Bertz CT molecular complexity index is 1500. The van der Waals surface area contributed by atoms with Crippen LogP contribution in [0.15, 0.2) is 52.1 Å². The van der Waals surface area contributed by atoms with Crippen LogP contribution in [0.4, 0.5) is 0 Å². The molecular weight excluding hydrogens is 434 g/mol. The van der Waals surface area contributed by atoms with E-state index in [-0.39, 0.29) is 17.3 Å². The Hall–Kier alpha value is -2.90. The van der Waals surface area contributed by atoms with Crippen molar-refractivity contribution in [2.24, 2.45) is 13.0 Å². The van der Waals surface area contributed by atoms with Crippen molar-refractivity contribution in [2.45, 2.75) is 37.8 Å². The first kappa shape index (κ1) is 20.7. The van der Waals surface area contributed by atoms with Crippen molar-refractivity contribution in [3.63, 3.8) is 0 Å². The zero-order chi connectivity index (χ0) is 22.7. The van der Waals surface area contributed by atoms with Gasteiger partial charge in [-0.05, 0) is 55.0 Å². The first-order valence-electron chi connectivity index (χ1n) is 11.6. The summed E-state index contributed by atoms with van der Waals surface area (Å²) in [5.41, 5.74) is 3.01. The summed E-state index contributed by atoms with van der Waals surface area (Å²) in [6, 6.07) is 14.5. The summed E-state index contributed by atoms with van der Waals surface area (Å²) in [5.74, 6) is 1.94. The van der Waals surface area contributed by atoms with Crippen molar-refractivity contribution in [3.8, 4) is 5.75 Å². The van der Waals surface area contributed by atoms with E-state index >= 15 is 0 Å². The Labute approximate surface area is 195 Å². The van der Waals surface area contributed by atoms with Crippen LogP contribution in [0.25, 0.3) is 20.3 Å². The number of aryl methyl sites for hydroxylation is 1. The molecule has 1 N–H and O–H groups in total. The Kier molecular flexibility index (Phi) is 4.92. The molecule has 1 fully saturated rings. The first-order chi connectivity index (χ1) is 16.1. The van der Waals surface area contributed by atoms with Crippen molar-refractivity contribution in [1.82, 2.24) is 14.5 Å². The third-order valence-electron chi connectivity index (χ3n) is 7.62. The highest BCUT2D eigenvalue weighted by Crippen LogP contribution is 2.45. The first-order valence-corrected chi connectivity index (χ1v) is 12.4. The SMILES string of the molecule is COc1cccc2c1CC[C@H]1CNC(CCn3c(=O)c4sc5ccccc5c4n(C)c3=O)[C@@H]21. The Balaban J connectivity index is 1.36. The fraction of sp³-hybridized carbons (Fsp3) is 0.385. The van der Waals surface area contributed by atoms with Gasteiger partial charge in [0.05, 0.1) is 12.6 Å². The normalized spacial score (nSPS) is 21.9. The molecule has 7 heteroatoms. The van der Waals surface area contributed by atoms with Crippen LogP contribution < -0.4 is 21.3 Å². The molecule has 1 unspecified atom stereocenters. The second-order valence-corrected chi connectivity index (χ2v) is 10.3. The third kappa shape index (κ3) is 3.09. The van der Waals surface area contributed by atoms with E-state index in [0.29, 0.717) is 23.1 Å². The molecule has 1 aliphatic carbocycles. The molecule has 1 aliphatic heterocycles. The molecule has 1 saturated heterocycles. The average Bonchev–Trinajstić information content (AvgIpc) is 3.44. The molecule has 0 radical (unpaired) electrons. The minimum Gasteiger partial charge on any atom is -0.496 e. The third-order valence-corrected chi connectivity index (χ3v) is 8.77. The predicted octanol–water partition coefficient (Wildman–Crippen LogP) is 3.63. The Morgan fingerprint density at radius 1 is 1.15 bits per heavy atom. The van der Waals surface area contributed by atoms with Crippen molar-refractivity contribution < 1.29 is 4.74 Å². The molecule has 6 rings (SSSR count). The number of benzene rings is 2. The lowest BCUT2D eigenvalue weighted by Crippen LogP contribution is -2.40. The molecular formula is C26H27N3O3S. The predicted molar refractivity (Wildman–Crippen MR) is 133 cm³/mol. The number of fused-ring (bicyclic) bond motifs is 6. The summed E-state index contributed by atoms with van der Waals surface area (Å²) in [6.07, 6.45) is 2.91. The summed E-state index contributed by atoms with van der Waals surface area (Å²) in [6.45, 7) is 1.39. The molecule has 0 amide bonds. The lowest BCUT2D eigenvalue weighted by Gasteiger charge is -2.32. The van der Waals surface area contributed by atoms with Gasteiger partial charge < -0.3 is 10.1 Å². The average molecular weight is 462 g/mol. The number of methoxy groups -OCH3 is 1. The van der Waals surface area contributed by atoms with Crippen molar-refractivity contribution in [2.75, 3.05) is 13.7 Å².